The fraction of sp³-hybridized carbons (Fsp3) is 0.474. The molecule has 0 aliphatic heterocycles. The molecule has 0 bridgehead atoms. The van der Waals surface area contributed by atoms with E-state index in [1.165, 1.54) is 48.4 Å². The SMILES string of the molecule is CCC1(C(Cl)Cc2ccc3ccccc3c2)CCCC1. The number of rotatable bonds is 4. The fourth-order valence-corrected chi connectivity index (χ4v) is 4.31. The molecule has 0 radical (unpaired) electrons. The Hall–Kier alpha value is -1.01. The minimum absolute atomic E-state index is 0.274. The van der Waals surface area contributed by atoms with Crippen LogP contribution in [0.3, 0.4) is 0 Å². The monoisotopic (exact) mass is 286 g/mol. The van der Waals surface area contributed by atoms with Gasteiger partial charge in [-0.1, -0.05) is 62.2 Å². The molecule has 0 amide bonds. The third-order valence-electron chi connectivity index (χ3n) is 5.20. The maximum absolute atomic E-state index is 6.83. The topological polar surface area (TPSA) is 0 Å². The molecular weight excluding hydrogens is 264 g/mol. The van der Waals surface area contributed by atoms with Crippen molar-refractivity contribution < 1.29 is 0 Å². The van der Waals surface area contributed by atoms with E-state index >= 15 is 0 Å². The van der Waals surface area contributed by atoms with Gasteiger partial charge in [0.2, 0.25) is 0 Å². The molecule has 0 heterocycles. The summed E-state index contributed by atoms with van der Waals surface area (Å²) in [5.74, 6) is 0. The van der Waals surface area contributed by atoms with Crippen LogP contribution in [0, 0.1) is 5.41 Å². The standard InChI is InChI=1S/C19H23Cl/c1-2-19(11-5-6-12-19)18(20)14-15-9-10-16-7-3-4-8-17(16)13-15/h3-4,7-10,13,18H,2,5-6,11-12,14H2,1H3. The van der Waals surface area contributed by atoms with Gasteiger partial charge in [-0.15, -0.1) is 11.6 Å². The Balaban J connectivity index is 1.81. The van der Waals surface area contributed by atoms with Crippen LogP contribution in [0.2, 0.25) is 0 Å². The molecule has 20 heavy (non-hydrogen) atoms. The van der Waals surface area contributed by atoms with Crippen LogP contribution in [0.15, 0.2) is 42.5 Å². The van der Waals surface area contributed by atoms with Gasteiger partial charge in [-0.2, -0.15) is 0 Å². The van der Waals surface area contributed by atoms with Gasteiger partial charge >= 0.3 is 0 Å². The molecule has 1 unspecified atom stereocenters. The van der Waals surface area contributed by atoms with Crippen molar-refractivity contribution in [2.45, 2.75) is 50.8 Å². The number of halogens is 1. The Kier molecular flexibility index (Phi) is 4.03. The van der Waals surface area contributed by atoms with Crippen molar-refractivity contribution in [3.8, 4) is 0 Å². The lowest BCUT2D eigenvalue weighted by molar-refractivity contribution is 0.267. The highest BCUT2D eigenvalue weighted by Crippen LogP contribution is 2.47. The summed E-state index contributed by atoms with van der Waals surface area (Å²) >= 11 is 6.83. The number of fused-ring (bicyclic) bond motifs is 1. The molecule has 1 aliphatic rings. The van der Waals surface area contributed by atoms with Crippen molar-refractivity contribution in [1.82, 2.24) is 0 Å². The van der Waals surface area contributed by atoms with Gasteiger partial charge in [0.1, 0.15) is 0 Å². The molecule has 0 nitrogen and oxygen atoms in total. The summed E-state index contributed by atoms with van der Waals surface area (Å²) in [6.45, 7) is 2.31. The summed E-state index contributed by atoms with van der Waals surface area (Å²) in [6, 6.07) is 15.3. The first-order valence-electron chi connectivity index (χ1n) is 7.85. The van der Waals surface area contributed by atoms with Crippen LogP contribution < -0.4 is 0 Å². The molecule has 0 N–H and O–H groups in total. The van der Waals surface area contributed by atoms with E-state index in [0.717, 1.165) is 6.42 Å². The second-order valence-corrected chi connectivity index (χ2v) is 6.80. The van der Waals surface area contributed by atoms with Crippen LogP contribution in [0.25, 0.3) is 10.8 Å². The summed E-state index contributed by atoms with van der Waals surface area (Å²) in [4.78, 5) is 0. The van der Waals surface area contributed by atoms with Crippen molar-refractivity contribution in [2.75, 3.05) is 0 Å². The van der Waals surface area contributed by atoms with Crippen LogP contribution in [-0.4, -0.2) is 5.38 Å². The van der Waals surface area contributed by atoms with Crippen molar-refractivity contribution >= 4 is 22.4 Å². The van der Waals surface area contributed by atoms with Gasteiger partial charge in [0.25, 0.3) is 0 Å². The molecule has 1 fully saturated rings. The summed E-state index contributed by atoms with van der Waals surface area (Å²) in [5.41, 5.74) is 1.76. The third kappa shape index (κ3) is 2.59. The Bertz CT molecular complexity index is 581. The van der Waals surface area contributed by atoms with E-state index in [1.54, 1.807) is 0 Å². The van der Waals surface area contributed by atoms with Crippen molar-refractivity contribution in [1.29, 1.82) is 0 Å². The van der Waals surface area contributed by atoms with Gasteiger partial charge in [0.15, 0.2) is 0 Å². The zero-order valence-electron chi connectivity index (χ0n) is 12.2. The van der Waals surface area contributed by atoms with Crippen LogP contribution in [0.4, 0.5) is 0 Å². The average Bonchev–Trinajstić information content (AvgIpc) is 2.97. The van der Waals surface area contributed by atoms with E-state index < -0.39 is 0 Å². The smallest absolute Gasteiger partial charge is 0.0432 e. The lowest BCUT2D eigenvalue weighted by atomic mass is 9.77. The highest BCUT2D eigenvalue weighted by molar-refractivity contribution is 6.21. The second kappa shape index (κ2) is 5.77. The molecule has 1 aliphatic carbocycles. The molecule has 0 saturated heterocycles. The van der Waals surface area contributed by atoms with E-state index in [9.17, 15) is 0 Å². The Morgan fingerprint density at radius 2 is 1.75 bits per heavy atom. The van der Waals surface area contributed by atoms with E-state index in [0.29, 0.717) is 5.41 Å². The molecule has 1 saturated carbocycles. The summed E-state index contributed by atoms with van der Waals surface area (Å²) in [7, 11) is 0. The lowest BCUT2D eigenvalue weighted by Gasteiger charge is -2.33. The number of alkyl halides is 1. The molecule has 1 atom stereocenters. The number of benzene rings is 2. The first-order valence-corrected chi connectivity index (χ1v) is 8.29. The first-order chi connectivity index (χ1) is 9.73. The fourth-order valence-electron chi connectivity index (χ4n) is 3.76. The van der Waals surface area contributed by atoms with Crippen LogP contribution in [0.1, 0.15) is 44.6 Å². The van der Waals surface area contributed by atoms with Gasteiger partial charge in [0.05, 0.1) is 0 Å². The molecule has 1 heteroatoms. The molecule has 106 valence electrons. The van der Waals surface area contributed by atoms with Gasteiger partial charge in [-0.25, -0.2) is 0 Å². The van der Waals surface area contributed by atoms with Gasteiger partial charge in [0, 0.05) is 5.38 Å². The predicted molar refractivity (Wildman–Crippen MR) is 88.5 cm³/mol. The number of hydrogen-bond donors (Lipinski definition) is 0. The molecule has 2 aromatic carbocycles. The highest BCUT2D eigenvalue weighted by atomic mass is 35.5. The Morgan fingerprint density at radius 1 is 1.05 bits per heavy atom. The summed E-state index contributed by atoms with van der Waals surface area (Å²) in [6.07, 6.45) is 7.55. The van der Waals surface area contributed by atoms with Crippen molar-refractivity contribution in [3.05, 3.63) is 48.0 Å². The van der Waals surface area contributed by atoms with E-state index in [1.807, 2.05) is 0 Å². The van der Waals surface area contributed by atoms with Gasteiger partial charge in [-0.3, -0.25) is 0 Å². The zero-order valence-corrected chi connectivity index (χ0v) is 13.0. The van der Waals surface area contributed by atoms with E-state index in [2.05, 4.69) is 49.4 Å². The predicted octanol–water partition coefficient (Wildman–Crippen LogP) is 5.96. The summed E-state index contributed by atoms with van der Waals surface area (Å²) < 4.78 is 0. The lowest BCUT2D eigenvalue weighted by Crippen LogP contribution is -2.29. The highest BCUT2D eigenvalue weighted by Gasteiger charge is 2.38. The van der Waals surface area contributed by atoms with Crippen LogP contribution >= 0.6 is 11.6 Å². The molecular formula is C19H23Cl. The Morgan fingerprint density at radius 3 is 2.45 bits per heavy atom. The molecule has 3 rings (SSSR count). The normalized spacial score (nSPS) is 19.3. The van der Waals surface area contributed by atoms with Gasteiger partial charge < -0.3 is 0 Å². The largest absolute Gasteiger partial charge is 0.122 e. The zero-order chi connectivity index (χ0) is 14.0. The molecule has 0 aromatic heterocycles. The van der Waals surface area contributed by atoms with Gasteiger partial charge in [-0.05, 0) is 47.4 Å². The maximum Gasteiger partial charge on any atom is 0.0432 e. The first kappa shape index (κ1) is 13.9. The number of hydrogen-bond acceptors (Lipinski definition) is 0. The quantitative estimate of drug-likeness (QED) is 0.608. The average molecular weight is 287 g/mol. The van der Waals surface area contributed by atoms with E-state index in [-0.39, 0.29) is 5.38 Å². The summed E-state index contributed by atoms with van der Waals surface area (Å²) in [5, 5.41) is 2.91. The minimum atomic E-state index is 0.274. The van der Waals surface area contributed by atoms with Crippen molar-refractivity contribution in [2.24, 2.45) is 5.41 Å². The maximum atomic E-state index is 6.83. The van der Waals surface area contributed by atoms with Crippen LogP contribution in [-0.2, 0) is 6.42 Å². The Labute approximate surface area is 127 Å². The molecule has 2 aromatic rings. The minimum Gasteiger partial charge on any atom is -0.122 e. The van der Waals surface area contributed by atoms with E-state index in [4.69, 9.17) is 11.6 Å². The third-order valence-corrected chi connectivity index (χ3v) is 5.81. The second-order valence-electron chi connectivity index (χ2n) is 6.28. The molecule has 0 spiro atoms. The van der Waals surface area contributed by atoms with Crippen LogP contribution in [0.5, 0.6) is 0 Å². The van der Waals surface area contributed by atoms with Crippen molar-refractivity contribution in [3.63, 3.8) is 0 Å².